The third-order valence-electron chi connectivity index (χ3n) is 3.12. The average Bonchev–Trinajstić information content (AvgIpc) is 2.38. The number of carbonyl (C=O) groups is 1. The lowest BCUT2D eigenvalue weighted by atomic mass is 9.74. The molecule has 0 radical (unpaired) electrons. The lowest BCUT2D eigenvalue weighted by Crippen LogP contribution is -2.29. The smallest absolute Gasteiger partial charge is 0.184 e. The number of nitriles is 1. The van der Waals surface area contributed by atoms with E-state index in [1.807, 2.05) is 13.8 Å². The molecule has 2 nitrogen and oxygen atoms in total. The highest BCUT2D eigenvalue weighted by Gasteiger charge is 2.38. The molecule has 3 heteroatoms. The Morgan fingerprint density at radius 3 is 2.28 bits per heavy atom. The topological polar surface area (TPSA) is 40.9 Å². The number of Topliss-reactive ketones (excluding diaryl/α,β-unsaturated/α-hetero) is 1. The molecule has 1 aromatic carbocycles. The highest BCUT2D eigenvalue weighted by Crippen LogP contribution is 2.35. The van der Waals surface area contributed by atoms with Gasteiger partial charge >= 0.3 is 0 Å². The summed E-state index contributed by atoms with van der Waals surface area (Å²) in [5.41, 5.74) is -0.461. The maximum atomic E-state index is 12.6. The summed E-state index contributed by atoms with van der Waals surface area (Å²) in [6.07, 6.45) is 2.79. The van der Waals surface area contributed by atoms with Crippen LogP contribution in [0.15, 0.2) is 24.3 Å². The number of halogens is 1. The van der Waals surface area contributed by atoms with Crippen molar-refractivity contribution in [2.45, 2.75) is 39.5 Å². The second-order valence-corrected chi connectivity index (χ2v) is 4.91. The van der Waals surface area contributed by atoms with Gasteiger partial charge in [0.15, 0.2) is 5.78 Å². The van der Waals surface area contributed by atoms with E-state index >= 15 is 0 Å². The molecule has 1 rings (SSSR count). The van der Waals surface area contributed by atoms with Gasteiger partial charge in [-0.05, 0) is 25.0 Å². The van der Waals surface area contributed by atoms with Crippen LogP contribution in [0.2, 0.25) is 5.02 Å². The summed E-state index contributed by atoms with van der Waals surface area (Å²) in [4.78, 5) is 12.6. The Morgan fingerprint density at radius 1 is 1.28 bits per heavy atom. The van der Waals surface area contributed by atoms with Crippen molar-refractivity contribution in [1.29, 1.82) is 5.26 Å². The van der Waals surface area contributed by atoms with Gasteiger partial charge in [-0.25, -0.2) is 0 Å². The Labute approximate surface area is 114 Å². The fourth-order valence-corrected chi connectivity index (χ4v) is 2.49. The first-order valence-corrected chi connectivity index (χ1v) is 6.69. The van der Waals surface area contributed by atoms with Crippen LogP contribution < -0.4 is 0 Å². The van der Waals surface area contributed by atoms with E-state index in [0.717, 1.165) is 12.8 Å². The van der Waals surface area contributed by atoms with Crippen LogP contribution in [0.25, 0.3) is 0 Å². The normalized spacial score (nSPS) is 11.0. The monoisotopic (exact) mass is 263 g/mol. The van der Waals surface area contributed by atoms with Gasteiger partial charge in [-0.1, -0.05) is 50.4 Å². The van der Waals surface area contributed by atoms with Crippen LogP contribution >= 0.6 is 11.6 Å². The fourth-order valence-electron chi connectivity index (χ4n) is 2.27. The number of hydrogen-bond donors (Lipinski definition) is 0. The average molecular weight is 264 g/mol. The second-order valence-electron chi connectivity index (χ2n) is 4.50. The van der Waals surface area contributed by atoms with Crippen LogP contribution in [-0.2, 0) is 0 Å². The predicted octanol–water partition coefficient (Wildman–Crippen LogP) is 4.63. The Kier molecular flexibility index (Phi) is 5.37. The van der Waals surface area contributed by atoms with Gasteiger partial charge in [0.05, 0.1) is 11.1 Å². The van der Waals surface area contributed by atoms with Crippen LogP contribution in [0.3, 0.4) is 0 Å². The van der Waals surface area contributed by atoms with Gasteiger partial charge in [-0.15, -0.1) is 0 Å². The van der Waals surface area contributed by atoms with E-state index in [4.69, 9.17) is 11.6 Å². The zero-order valence-electron chi connectivity index (χ0n) is 10.9. The number of carbonyl (C=O) groups excluding carboxylic acids is 1. The van der Waals surface area contributed by atoms with Gasteiger partial charge in [0.25, 0.3) is 0 Å². The van der Waals surface area contributed by atoms with Gasteiger partial charge < -0.3 is 0 Å². The molecule has 0 atom stereocenters. The molecule has 0 aromatic heterocycles. The maximum Gasteiger partial charge on any atom is 0.184 e. The highest BCUT2D eigenvalue weighted by molar-refractivity contribution is 6.34. The molecular formula is C15H18ClNO. The standard InChI is InChI=1S/C15H18ClNO/c1-3-9-15(11-17,10-4-2)14(18)12-7-5-6-8-13(12)16/h5-8H,3-4,9-10H2,1-2H3. The summed E-state index contributed by atoms with van der Waals surface area (Å²) >= 11 is 6.05. The number of ketones is 1. The molecule has 0 aliphatic rings. The summed E-state index contributed by atoms with van der Waals surface area (Å²) < 4.78 is 0. The van der Waals surface area contributed by atoms with Gasteiger partial charge in [0.1, 0.15) is 5.41 Å². The third-order valence-corrected chi connectivity index (χ3v) is 3.45. The third kappa shape index (κ3) is 2.91. The summed E-state index contributed by atoms with van der Waals surface area (Å²) in [6, 6.07) is 9.18. The molecule has 0 spiro atoms. The van der Waals surface area contributed by atoms with Crippen LogP contribution in [0.1, 0.15) is 49.9 Å². The van der Waals surface area contributed by atoms with Crippen LogP contribution in [0, 0.1) is 16.7 Å². The van der Waals surface area contributed by atoms with Gasteiger partial charge in [0.2, 0.25) is 0 Å². The molecule has 0 N–H and O–H groups in total. The van der Waals surface area contributed by atoms with E-state index in [-0.39, 0.29) is 5.78 Å². The van der Waals surface area contributed by atoms with Crippen LogP contribution in [0.5, 0.6) is 0 Å². The first-order valence-electron chi connectivity index (χ1n) is 6.32. The van der Waals surface area contributed by atoms with Gasteiger partial charge in [-0.3, -0.25) is 4.79 Å². The van der Waals surface area contributed by atoms with Crippen molar-refractivity contribution in [2.24, 2.45) is 5.41 Å². The van der Waals surface area contributed by atoms with Gasteiger partial charge in [0, 0.05) is 5.56 Å². The zero-order valence-corrected chi connectivity index (χ0v) is 11.6. The highest BCUT2D eigenvalue weighted by atomic mass is 35.5. The molecule has 0 aliphatic carbocycles. The predicted molar refractivity (Wildman–Crippen MR) is 73.6 cm³/mol. The van der Waals surface area contributed by atoms with Gasteiger partial charge in [-0.2, -0.15) is 5.26 Å². The summed E-state index contributed by atoms with van der Waals surface area (Å²) in [7, 11) is 0. The van der Waals surface area contributed by atoms with E-state index in [9.17, 15) is 10.1 Å². The Balaban J connectivity index is 3.18. The van der Waals surface area contributed by atoms with Crippen LogP contribution in [-0.4, -0.2) is 5.78 Å². The van der Waals surface area contributed by atoms with E-state index in [2.05, 4.69) is 6.07 Å². The SMILES string of the molecule is CCCC(C#N)(CCC)C(=O)c1ccccc1Cl. The minimum absolute atomic E-state index is 0.140. The molecule has 0 amide bonds. The van der Waals surface area contributed by atoms with E-state index in [1.165, 1.54) is 0 Å². The molecule has 0 saturated carbocycles. The summed E-state index contributed by atoms with van der Waals surface area (Å²) in [5, 5.41) is 9.87. The lowest BCUT2D eigenvalue weighted by molar-refractivity contribution is 0.0836. The Morgan fingerprint density at radius 2 is 1.83 bits per heavy atom. The molecule has 0 saturated heterocycles. The van der Waals surface area contributed by atoms with Crippen molar-refractivity contribution in [3.63, 3.8) is 0 Å². The van der Waals surface area contributed by atoms with E-state index in [1.54, 1.807) is 24.3 Å². The quantitative estimate of drug-likeness (QED) is 0.702. The second kappa shape index (κ2) is 6.56. The minimum Gasteiger partial charge on any atom is -0.292 e. The zero-order chi connectivity index (χ0) is 13.6. The van der Waals surface area contributed by atoms with Crippen molar-refractivity contribution in [2.75, 3.05) is 0 Å². The number of benzene rings is 1. The molecule has 0 heterocycles. The minimum atomic E-state index is -0.922. The van der Waals surface area contributed by atoms with E-state index in [0.29, 0.717) is 23.4 Å². The molecule has 96 valence electrons. The molecule has 0 bridgehead atoms. The molecule has 1 aromatic rings. The van der Waals surface area contributed by atoms with Crippen molar-refractivity contribution < 1.29 is 4.79 Å². The molecule has 0 unspecified atom stereocenters. The largest absolute Gasteiger partial charge is 0.292 e. The van der Waals surface area contributed by atoms with Crippen molar-refractivity contribution in [1.82, 2.24) is 0 Å². The first-order chi connectivity index (χ1) is 8.61. The van der Waals surface area contributed by atoms with Crippen molar-refractivity contribution in [3.8, 4) is 6.07 Å². The molecule has 0 fully saturated rings. The maximum absolute atomic E-state index is 12.6. The summed E-state index contributed by atoms with van der Waals surface area (Å²) in [6.45, 7) is 3.98. The summed E-state index contributed by atoms with van der Waals surface area (Å²) in [5.74, 6) is -0.140. The number of hydrogen-bond acceptors (Lipinski definition) is 2. The lowest BCUT2D eigenvalue weighted by Gasteiger charge is -2.24. The Hall–Kier alpha value is -1.33. The first kappa shape index (κ1) is 14.7. The van der Waals surface area contributed by atoms with Crippen molar-refractivity contribution in [3.05, 3.63) is 34.9 Å². The number of nitrogens with zero attached hydrogens (tertiary/aromatic N) is 1. The fraction of sp³-hybridized carbons (Fsp3) is 0.467. The van der Waals surface area contributed by atoms with Crippen molar-refractivity contribution >= 4 is 17.4 Å². The van der Waals surface area contributed by atoms with Crippen LogP contribution in [0.4, 0.5) is 0 Å². The van der Waals surface area contributed by atoms with E-state index < -0.39 is 5.41 Å². The molecule has 18 heavy (non-hydrogen) atoms. The molecule has 0 aliphatic heterocycles. The Bertz CT molecular complexity index is 456. The number of rotatable bonds is 6. The molecular weight excluding hydrogens is 246 g/mol.